The van der Waals surface area contributed by atoms with Crippen molar-refractivity contribution in [2.45, 2.75) is 52.2 Å². The first-order valence-corrected chi connectivity index (χ1v) is 12.6. The van der Waals surface area contributed by atoms with Gasteiger partial charge >= 0.3 is 6.09 Å². The summed E-state index contributed by atoms with van der Waals surface area (Å²) in [6, 6.07) is 4.17. The van der Waals surface area contributed by atoms with Crippen molar-refractivity contribution in [1.82, 2.24) is 14.9 Å². The van der Waals surface area contributed by atoms with Crippen molar-refractivity contribution in [1.29, 1.82) is 0 Å². The number of likely N-dealkylation sites (tertiary alicyclic amines) is 1. The molecule has 2 heterocycles. The first kappa shape index (κ1) is 25.6. The molecule has 1 saturated heterocycles. The van der Waals surface area contributed by atoms with Crippen molar-refractivity contribution < 1.29 is 31.8 Å². The number of aryl methyl sites for hydroxylation is 1. The van der Waals surface area contributed by atoms with Crippen LogP contribution in [0.2, 0.25) is 0 Å². The topological polar surface area (TPSA) is 134 Å². The highest BCUT2D eigenvalue weighted by molar-refractivity contribution is 7.89. The molecule has 1 aliphatic rings. The number of ether oxygens (including phenoxy) is 3. The van der Waals surface area contributed by atoms with Crippen LogP contribution in [0.15, 0.2) is 24.5 Å². The average Bonchev–Trinajstić information content (AvgIpc) is 2.76. The van der Waals surface area contributed by atoms with E-state index in [-0.39, 0.29) is 42.1 Å². The molecule has 0 unspecified atom stereocenters. The van der Waals surface area contributed by atoms with Crippen LogP contribution in [-0.2, 0) is 21.2 Å². The summed E-state index contributed by atoms with van der Waals surface area (Å²) in [5, 5.41) is 4.99. The lowest BCUT2D eigenvalue weighted by Crippen LogP contribution is -2.42. The van der Waals surface area contributed by atoms with Crippen molar-refractivity contribution in [3.8, 4) is 17.5 Å². The minimum atomic E-state index is -3.64. The molecule has 1 amide bonds. The summed E-state index contributed by atoms with van der Waals surface area (Å²) in [5.41, 5.74) is 0.979. The van der Waals surface area contributed by atoms with Crippen LogP contribution in [0.5, 0.6) is 17.5 Å². The van der Waals surface area contributed by atoms with E-state index in [1.807, 2.05) is 0 Å². The number of primary sulfonamides is 1. The van der Waals surface area contributed by atoms with Crippen LogP contribution in [-0.4, -0.2) is 60.4 Å². The largest absolute Gasteiger partial charge is 0.474 e. The van der Waals surface area contributed by atoms with Crippen molar-refractivity contribution in [3.05, 3.63) is 41.5 Å². The lowest BCUT2D eigenvalue weighted by atomic mass is 10.1. The molecule has 0 atom stereocenters. The number of carbonyl (C=O) groups is 1. The number of amides is 1. The Kier molecular flexibility index (Phi) is 8.26. The predicted octanol–water partition coefficient (Wildman–Crippen LogP) is 2.94. The molecule has 34 heavy (non-hydrogen) atoms. The Balaban J connectivity index is 1.62. The van der Waals surface area contributed by atoms with Gasteiger partial charge in [0.1, 0.15) is 12.4 Å². The van der Waals surface area contributed by atoms with E-state index < -0.39 is 15.8 Å². The van der Waals surface area contributed by atoms with Crippen molar-refractivity contribution in [2.75, 3.05) is 18.8 Å². The summed E-state index contributed by atoms with van der Waals surface area (Å²) in [4.78, 5) is 21.9. The third kappa shape index (κ3) is 7.26. The van der Waals surface area contributed by atoms with Crippen LogP contribution in [0.25, 0.3) is 0 Å². The maximum atomic E-state index is 14.5. The Hall–Kier alpha value is -2.99. The lowest BCUT2D eigenvalue weighted by molar-refractivity contribution is 0.0505. The number of rotatable bonds is 8. The van der Waals surface area contributed by atoms with Gasteiger partial charge in [-0.15, -0.1) is 0 Å². The standard InChI is InChI=1S/C22H29FN4O6S/c1-14(2)31-22(28)27-9-6-17(7-10-27)32-20-15(3)21(26-13-25-20)33-19-5-4-16(12-18(19)23)8-11-34(24,29)30/h4-5,12-14,17H,6-11H2,1-3H3,(H2,24,29,30). The van der Waals surface area contributed by atoms with Crippen LogP contribution in [0.4, 0.5) is 9.18 Å². The van der Waals surface area contributed by atoms with Crippen molar-refractivity contribution in [3.63, 3.8) is 0 Å². The number of carbonyl (C=O) groups excluding carboxylic acids is 1. The van der Waals surface area contributed by atoms with Crippen LogP contribution >= 0.6 is 0 Å². The minimum absolute atomic E-state index is 0.0657. The Morgan fingerprint density at radius 3 is 2.53 bits per heavy atom. The van der Waals surface area contributed by atoms with E-state index in [2.05, 4.69) is 9.97 Å². The van der Waals surface area contributed by atoms with Gasteiger partial charge in [-0.05, 0) is 44.9 Å². The summed E-state index contributed by atoms with van der Waals surface area (Å²) >= 11 is 0. The number of nitrogens with zero attached hydrogens (tertiary/aromatic N) is 3. The van der Waals surface area contributed by atoms with E-state index in [1.54, 1.807) is 31.7 Å². The number of sulfonamides is 1. The maximum Gasteiger partial charge on any atom is 0.410 e. The lowest BCUT2D eigenvalue weighted by Gasteiger charge is -2.31. The molecule has 1 aromatic carbocycles. The Morgan fingerprint density at radius 2 is 1.91 bits per heavy atom. The first-order chi connectivity index (χ1) is 16.0. The highest BCUT2D eigenvalue weighted by Crippen LogP contribution is 2.30. The Labute approximate surface area is 198 Å². The average molecular weight is 497 g/mol. The fraction of sp³-hybridized carbons (Fsp3) is 0.500. The van der Waals surface area contributed by atoms with Gasteiger partial charge in [-0.25, -0.2) is 32.7 Å². The minimum Gasteiger partial charge on any atom is -0.474 e. The fourth-order valence-corrected chi connectivity index (χ4v) is 3.90. The van der Waals surface area contributed by atoms with Crippen LogP contribution in [0.1, 0.15) is 37.8 Å². The van der Waals surface area contributed by atoms with Gasteiger partial charge in [-0.2, -0.15) is 0 Å². The van der Waals surface area contributed by atoms with Gasteiger partial charge in [0, 0.05) is 25.9 Å². The van der Waals surface area contributed by atoms with E-state index in [1.165, 1.54) is 18.5 Å². The van der Waals surface area contributed by atoms with E-state index in [4.69, 9.17) is 19.3 Å². The second-order valence-electron chi connectivity index (χ2n) is 8.33. The molecule has 2 aromatic rings. The second-order valence-corrected chi connectivity index (χ2v) is 10.1. The molecule has 10 nitrogen and oxygen atoms in total. The van der Waals surface area contributed by atoms with E-state index in [9.17, 15) is 17.6 Å². The summed E-state index contributed by atoms with van der Waals surface area (Å²) in [6.45, 7) is 6.33. The van der Waals surface area contributed by atoms with E-state index >= 15 is 0 Å². The molecule has 0 aliphatic carbocycles. The molecule has 3 rings (SSSR count). The summed E-state index contributed by atoms with van der Waals surface area (Å²) in [7, 11) is -3.64. The fourth-order valence-electron chi connectivity index (χ4n) is 3.38. The normalized spacial score (nSPS) is 14.8. The quantitative estimate of drug-likeness (QED) is 0.590. The molecule has 0 radical (unpaired) electrons. The van der Waals surface area contributed by atoms with Gasteiger partial charge in [0.2, 0.25) is 21.8 Å². The predicted molar refractivity (Wildman–Crippen MR) is 122 cm³/mol. The summed E-state index contributed by atoms with van der Waals surface area (Å²) < 4.78 is 53.6. The molecule has 12 heteroatoms. The van der Waals surface area contributed by atoms with Gasteiger partial charge in [0.25, 0.3) is 0 Å². The first-order valence-electron chi connectivity index (χ1n) is 10.9. The molecule has 2 N–H and O–H groups in total. The van der Waals surface area contributed by atoms with Crippen molar-refractivity contribution in [2.24, 2.45) is 5.14 Å². The van der Waals surface area contributed by atoms with Crippen molar-refractivity contribution >= 4 is 16.1 Å². The van der Waals surface area contributed by atoms with Gasteiger partial charge in [0.05, 0.1) is 17.4 Å². The number of halogens is 1. The van der Waals surface area contributed by atoms with Gasteiger partial charge in [0.15, 0.2) is 11.6 Å². The number of aromatic nitrogens is 2. The van der Waals surface area contributed by atoms with Crippen LogP contribution in [0, 0.1) is 12.7 Å². The second kappa shape index (κ2) is 11.0. The molecule has 1 aliphatic heterocycles. The molecule has 0 spiro atoms. The monoisotopic (exact) mass is 496 g/mol. The Bertz CT molecular complexity index is 1120. The van der Waals surface area contributed by atoms with Gasteiger partial charge < -0.3 is 19.1 Å². The smallest absolute Gasteiger partial charge is 0.410 e. The number of hydrogen-bond donors (Lipinski definition) is 1. The number of benzene rings is 1. The molecular weight excluding hydrogens is 467 g/mol. The number of nitrogens with two attached hydrogens (primary N) is 1. The zero-order valence-electron chi connectivity index (χ0n) is 19.4. The SMILES string of the molecule is Cc1c(Oc2ccc(CCS(N)(=O)=O)cc2F)ncnc1OC1CCN(C(=O)OC(C)C)CC1. The zero-order chi connectivity index (χ0) is 24.9. The number of hydrogen-bond acceptors (Lipinski definition) is 8. The third-order valence-electron chi connectivity index (χ3n) is 5.18. The third-order valence-corrected chi connectivity index (χ3v) is 5.96. The molecule has 0 saturated carbocycles. The Morgan fingerprint density at radius 1 is 1.24 bits per heavy atom. The van der Waals surface area contributed by atoms with E-state index in [0.717, 1.165) is 0 Å². The number of piperidine rings is 1. The molecular formula is C22H29FN4O6S. The summed E-state index contributed by atoms with van der Waals surface area (Å²) in [6.07, 6.45) is 1.92. The maximum absolute atomic E-state index is 14.5. The highest BCUT2D eigenvalue weighted by Gasteiger charge is 2.26. The van der Waals surface area contributed by atoms with Gasteiger partial charge in [-0.1, -0.05) is 6.07 Å². The van der Waals surface area contributed by atoms with Gasteiger partial charge in [-0.3, -0.25) is 0 Å². The molecule has 186 valence electrons. The zero-order valence-corrected chi connectivity index (χ0v) is 20.2. The van der Waals surface area contributed by atoms with E-state index in [0.29, 0.717) is 42.9 Å². The highest BCUT2D eigenvalue weighted by atomic mass is 32.2. The van der Waals surface area contributed by atoms with Crippen LogP contribution < -0.4 is 14.6 Å². The molecule has 1 aromatic heterocycles. The molecule has 0 bridgehead atoms. The van der Waals surface area contributed by atoms with Crippen LogP contribution in [0.3, 0.4) is 0 Å². The summed E-state index contributed by atoms with van der Waals surface area (Å²) in [5.74, 6) is -0.550. The molecule has 1 fully saturated rings.